The molecule has 1 aromatic rings. The molecule has 2 rings (SSSR count). The molecule has 0 radical (unpaired) electrons. The highest BCUT2D eigenvalue weighted by Crippen LogP contribution is 2.48. The third-order valence-electron chi connectivity index (χ3n) is 2.55. The van der Waals surface area contributed by atoms with E-state index in [1.807, 2.05) is 24.3 Å². The van der Waals surface area contributed by atoms with Crippen LogP contribution >= 0.6 is 0 Å². The number of hydrogen-bond donors (Lipinski definition) is 0. The molecule has 68 valence electrons. The van der Waals surface area contributed by atoms with E-state index in [1.54, 1.807) is 7.11 Å². The standard InChI is InChI=1S/C11H12O2/c1-13-11-5-3-2-4-9(11)10-6-8(10)7-12/h2-5,7-8,10H,6H2,1H3/t8-,10+/m1/s1. The summed E-state index contributed by atoms with van der Waals surface area (Å²) in [7, 11) is 1.66. The van der Waals surface area contributed by atoms with Crippen LogP contribution in [0.4, 0.5) is 0 Å². The fraction of sp³-hybridized carbons (Fsp3) is 0.364. The van der Waals surface area contributed by atoms with Gasteiger partial charge >= 0.3 is 0 Å². The summed E-state index contributed by atoms with van der Waals surface area (Å²) >= 11 is 0. The van der Waals surface area contributed by atoms with Gasteiger partial charge in [-0.1, -0.05) is 18.2 Å². The largest absolute Gasteiger partial charge is 0.496 e. The zero-order chi connectivity index (χ0) is 9.26. The Balaban J connectivity index is 2.25. The van der Waals surface area contributed by atoms with Crippen LogP contribution in [-0.2, 0) is 4.79 Å². The van der Waals surface area contributed by atoms with E-state index < -0.39 is 0 Å². The Morgan fingerprint density at radius 2 is 2.23 bits per heavy atom. The summed E-state index contributed by atoms with van der Waals surface area (Å²) in [4.78, 5) is 10.5. The van der Waals surface area contributed by atoms with Gasteiger partial charge in [-0.2, -0.15) is 0 Å². The van der Waals surface area contributed by atoms with Gasteiger partial charge in [0.2, 0.25) is 0 Å². The van der Waals surface area contributed by atoms with Crippen molar-refractivity contribution in [2.75, 3.05) is 7.11 Å². The zero-order valence-electron chi connectivity index (χ0n) is 7.57. The Morgan fingerprint density at radius 3 is 2.85 bits per heavy atom. The third-order valence-corrected chi connectivity index (χ3v) is 2.55. The zero-order valence-corrected chi connectivity index (χ0v) is 7.57. The number of carbonyl (C=O) groups excluding carboxylic acids is 1. The maximum Gasteiger partial charge on any atom is 0.123 e. The second-order valence-corrected chi connectivity index (χ2v) is 3.38. The summed E-state index contributed by atoms with van der Waals surface area (Å²) in [6.45, 7) is 0. The first-order valence-electron chi connectivity index (χ1n) is 4.45. The number of ether oxygens (including phenoxy) is 1. The van der Waals surface area contributed by atoms with Crippen LogP contribution in [0.15, 0.2) is 24.3 Å². The highest BCUT2D eigenvalue weighted by atomic mass is 16.5. The molecule has 13 heavy (non-hydrogen) atoms. The van der Waals surface area contributed by atoms with Crippen LogP contribution in [-0.4, -0.2) is 13.4 Å². The van der Waals surface area contributed by atoms with E-state index in [4.69, 9.17) is 4.74 Å². The second kappa shape index (κ2) is 3.21. The fourth-order valence-electron chi connectivity index (χ4n) is 1.70. The highest BCUT2D eigenvalue weighted by molar-refractivity contribution is 5.62. The van der Waals surface area contributed by atoms with Crippen LogP contribution in [0.5, 0.6) is 5.75 Å². The molecule has 0 aliphatic heterocycles. The van der Waals surface area contributed by atoms with Crippen molar-refractivity contribution < 1.29 is 9.53 Å². The Kier molecular flexibility index (Phi) is 2.05. The minimum absolute atomic E-state index is 0.219. The lowest BCUT2D eigenvalue weighted by molar-refractivity contribution is -0.108. The molecule has 0 aromatic heterocycles. The number of hydrogen-bond acceptors (Lipinski definition) is 2. The van der Waals surface area contributed by atoms with Crippen LogP contribution in [0.1, 0.15) is 17.9 Å². The van der Waals surface area contributed by atoms with E-state index in [0.29, 0.717) is 5.92 Å². The minimum Gasteiger partial charge on any atom is -0.496 e. The van der Waals surface area contributed by atoms with Crippen molar-refractivity contribution >= 4 is 6.29 Å². The van der Waals surface area contributed by atoms with Gasteiger partial charge in [0.05, 0.1) is 7.11 Å². The maximum atomic E-state index is 10.5. The summed E-state index contributed by atoms with van der Waals surface area (Å²) < 4.78 is 5.22. The topological polar surface area (TPSA) is 26.3 Å². The quantitative estimate of drug-likeness (QED) is 0.658. The Hall–Kier alpha value is -1.31. The lowest BCUT2D eigenvalue weighted by atomic mass is 10.1. The number of para-hydroxylation sites is 1. The van der Waals surface area contributed by atoms with E-state index in [1.165, 1.54) is 5.56 Å². The van der Waals surface area contributed by atoms with Gasteiger partial charge in [0.15, 0.2) is 0 Å². The molecule has 1 aliphatic rings. The summed E-state index contributed by atoms with van der Waals surface area (Å²) in [6.07, 6.45) is 2.01. The summed E-state index contributed by atoms with van der Waals surface area (Å²) in [5, 5.41) is 0. The molecule has 0 saturated heterocycles. The van der Waals surface area contributed by atoms with Crippen molar-refractivity contribution in [3.8, 4) is 5.75 Å². The van der Waals surface area contributed by atoms with Crippen LogP contribution in [0.3, 0.4) is 0 Å². The average molecular weight is 176 g/mol. The smallest absolute Gasteiger partial charge is 0.123 e. The Bertz CT molecular complexity index is 320. The molecular formula is C11H12O2. The Morgan fingerprint density at radius 1 is 1.46 bits per heavy atom. The van der Waals surface area contributed by atoms with Gasteiger partial charge in [-0.15, -0.1) is 0 Å². The van der Waals surface area contributed by atoms with Crippen molar-refractivity contribution in [2.24, 2.45) is 5.92 Å². The lowest BCUT2D eigenvalue weighted by Crippen LogP contribution is -1.91. The Labute approximate surface area is 77.5 Å². The summed E-state index contributed by atoms with van der Waals surface area (Å²) in [5.74, 6) is 1.52. The summed E-state index contributed by atoms with van der Waals surface area (Å²) in [6, 6.07) is 7.90. The van der Waals surface area contributed by atoms with Gasteiger partial charge in [-0.05, 0) is 24.0 Å². The predicted molar refractivity (Wildman–Crippen MR) is 49.9 cm³/mol. The number of aldehydes is 1. The van der Waals surface area contributed by atoms with Crippen molar-refractivity contribution in [3.63, 3.8) is 0 Å². The van der Waals surface area contributed by atoms with Crippen molar-refractivity contribution in [3.05, 3.63) is 29.8 Å². The molecule has 1 aliphatic carbocycles. The van der Waals surface area contributed by atoms with Gasteiger partial charge in [0.1, 0.15) is 12.0 Å². The molecule has 0 unspecified atom stereocenters. The van der Waals surface area contributed by atoms with E-state index in [9.17, 15) is 4.79 Å². The molecule has 0 amide bonds. The number of methoxy groups -OCH3 is 1. The first-order valence-corrected chi connectivity index (χ1v) is 4.45. The minimum atomic E-state index is 0.219. The molecule has 0 spiro atoms. The lowest BCUT2D eigenvalue weighted by Gasteiger charge is -2.05. The van der Waals surface area contributed by atoms with Crippen LogP contribution in [0, 0.1) is 5.92 Å². The van der Waals surface area contributed by atoms with Gasteiger partial charge in [-0.3, -0.25) is 0 Å². The molecule has 2 heteroatoms. The monoisotopic (exact) mass is 176 g/mol. The van der Waals surface area contributed by atoms with Gasteiger partial charge < -0.3 is 9.53 Å². The van der Waals surface area contributed by atoms with Crippen molar-refractivity contribution in [1.82, 2.24) is 0 Å². The van der Waals surface area contributed by atoms with Crippen molar-refractivity contribution in [2.45, 2.75) is 12.3 Å². The van der Waals surface area contributed by atoms with Crippen LogP contribution in [0.2, 0.25) is 0 Å². The SMILES string of the molecule is COc1ccccc1[C@H]1C[C@@H]1C=O. The summed E-state index contributed by atoms with van der Waals surface area (Å²) in [5.41, 5.74) is 1.17. The molecular weight excluding hydrogens is 164 g/mol. The number of carbonyl (C=O) groups is 1. The fourth-order valence-corrected chi connectivity index (χ4v) is 1.70. The first-order chi connectivity index (χ1) is 6.36. The van der Waals surface area contributed by atoms with E-state index in [2.05, 4.69) is 0 Å². The van der Waals surface area contributed by atoms with Gasteiger partial charge in [0.25, 0.3) is 0 Å². The number of rotatable bonds is 3. The third kappa shape index (κ3) is 1.44. The molecule has 2 atom stereocenters. The maximum absolute atomic E-state index is 10.5. The van der Waals surface area contributed by atoms with E-state index >= 15 is 0 Å². The first kappa shape index (κ1) is 8.30. The second-order valence-electron chi connectivity index (χ2n) is 3.38. The molecule has 1 aromatic carbocycles. The molecule has 2 nitrogen and oxygen atoms in total. The van der Waals surface area contributed by atoms with Crippen LogP contribution < -0.4 is 4.74 Å². The predicted octanol–water partition coefficient (Wildman–Crippen LogP) is 2.00. The van der Waals surface area contributed by atoms with Gasteiger partial charge in [-0.25, -0.2) is 0 Å². The molecule has 0 bridgehead atoms. The molecule has 1 fully saturated rings. The average Bonchev–Trinajstić information content (AvgIpc) is 2.96. The van der Waals surface area contributed by atoms with Gasteiger partial charge in [0, 0.05) is 5.92 Å². The van der Waals surface area contributed by atoms with E-state index in [-0.39, 0.29) is 5.92 Å². The number of benzene rings is 1. The molecule has 0 heterocycles. The van der Waals surface area contributed by atoms with E-state index in [0.717, 1.165) is 18.5 Å². The normalized spacial score (nSPS) is 25.3. The molecule has 0 N–H and O–H groups in total. The van der Waals surface area contributed by atoms with Crippen molar-refractivity contribution in [1.29, 1.82) is 0 Å². The highest BCUT2D eigenvalue weighted by Gasteiger charge is 2.39. The van der Waals surface area contributed by atoms with Crippen LogP contribution in [0.25, 0.3) is 0 Å². The molecule has 1 saturated carbocycles.